The standard InChI is InChI=1S/C36H36N4O5/c1-9-20-16(3)23-13-25-18(5)22(11-12-29(41)44-7)33(39-25)31-32(36(43)45-8)35(42)30-19(6)26(40-34(30)31)15-28-21(10-2)17(4)24(38-28)14-27(20)37-23/h9-10,13-15,18,22,32,39,42H,1-2,11-12H2,3-8H3/t18-,22-,32?/m0/s1. The summed E-state index contributed by atoms with van der Waals surface area (Å²) in [7, 11) is 2.67. The third-order valence-corrected chi connectivity index (χ3v) is 9.52. The summed E-state index contributed by atoms with van der Waals surface area (Å²) in [6.45, 7) is 16.1. The van der Waals surface area contributed by atoms with E-state index in [-0.39, 0.29) is 30.0 Å². The van der Waals surface area contributed by atoms with Crippen LogP contribution in [-0.2, 0) is 19.1 Å². The molecule has 9 heteroatoms. The maximum Gasteiger partial charge on any atom is 0.321 e. The first kappa shape index (κ1) is 30.0. The Labute approximate surface area is 262 Å². The maximum absolute atomic E-state index is 13.3. The number of ether oxygens (including phenoxy) is 2. The van der Waals surface area contributed by atoms with Crippen LogP contribution in [0.25, 0.3) is 0 Å². The van der Waals surface area contributed by atoms with Gasteiger partial charge in [-0.2, -0.15) is 0 Å². The lowest BCUT2D eigenvalue weighted by molar-refractivity contribution is -0.143. The summed E-state index contributed by atoms with van der Waals surface area (Å²) in [6, 6.07) is 0. The van der Waals surface area contributed by atoms with Crippen molar-refractivity contribution in [2.75, 3.05) is 14.2 Å². The molecular weight excluding hydrogens is 568 g/mol. The predicted molar refractivity (Wildman–Crippen MR) is 174 cm³/mol. The van der Waals surface area contributed by atoms with Gasteiger partial charge in [0.05, 0.1) is 48.4 Å². The molecule has 9 nitrogen and oxygen atoms in total. The minimum Gasteiger partial charge on any atom is -0.510 e. The number of esters is 2. The quantitative estimate of drug-likeness (QED) is 0.360. The Bertz CT molecular complexity index is 1860. The van der Waals surface area contributed by atoms with Crippen molar-refractivity contribution in [3.8, 4) is 0 Å². The highest BCUT2D eigenvalue weighted by molar-refractivity contribution is 6.24. The fraction of sp³-hybridized carbons (Fsp3) is 0.306. The van der Waals surface area contributed by atoms with Crippen LogP contribution in [0.2, 0.25) is 0 Å². The number of carbonyl (C=O) groups excluding carboxylic acids is 2. The van der Waals surface area contributed by atoms with E-state index in [1.807, 2.05) is 39.0 Å². The fourth-order valence-electron chi connectivity index (χ4n) is 6.93. The fourth-order valence-corrected chi connectivity index (χ4v) is 6.93. The Balaban J connectivity index is 1.66. The molecule has 5 aliphatic heterocycles. The van der Waals surface area contributed by atoms with E-state index in [1.165, 1.54) is 14.2 Å². The van der Waals surface area contributed by atoms with E-state index in [4.69, 9.17) is 24.5 Å². The van der Waals surface area contributed by atoms with E-state index in [0.717, 1.165) is 50.7 Å². The molecule has 1 aliphatic carbocycles. The predicted octanol–water partition coefficient (Wildman–Crippen LogP) is 5.97. The number of nitrogens with zero attached hydrogens (tertiary/aromatic N) is 3. The van der Waals surface area contributed by atoms with E-state index >= 15 is 0 Å². The van der Waals surface area contributed by atoms with Gasteiger partial charge < -0.3 is 19.9 Å². The minimum atomic E-state index is -1.07. The molecule has 0 radical (unpaired) electrons. The number of carbonyl (C=O) groups is 2. The van der Waals surface area contributed by atoms with Crippen molar-refractivity contribution in [3.05, 3.63) is 117 Å². The summed E-state index contributed by atoms with van der Waals surface area (Å²) in [5.74, 6) is -2.41. The highest BCUT2D eigenvalue weighted by Crippen LogP contribution is 2.49. The van der Waals surface area contributed by atoms with Crippen molar-refractivity contribution in [1.29, 1.82) is 0 Å². The summed E-state index contributed by atoms with van der Waals surface area (Å²) in [5.41, 5.74) is 11.2. The van der Waals surface area contributed by atoms with Crippen molar-refractivity contribution in [2.24, 2.45) is 32.7 Å². The zero-order valence-corrected chi connectivity index (χ0v) is 26.4. The van der Waals surface area contributed by atoms with Gasteiger partial charge >= 0.3 is 11.9 Å². The molecule has 0 amide bonds. The molecule has 0 aromatic rings. The molecule has 0 aromatic heterocycles. The van der Waals surface area contributed by atoms with Crippen LogP contribution in [0.1, 0.15) is 40.5 Å². The van der Waals surface area contributed by atoms with Crippen molar-refractivity contribution < 1.29 is 24.2 Å². The number of aliphatic hydroxyl groups excluding tert-OH is 1. The Kier molecular flexibility index (Phi) is 7.43. The number of allylic oxidation sites excluding steroid dienone is 11. The average Bonchev–Trinajstić information content (AvgIpc) is 3.76. The van der Waals surface area contributed by atoms with E-state index in [9.17, 15) is 14.7 Å². The van der Waals surface area contributed by atoms with Gasteiger partial charge in [0.25, 0.3) is 0 Å². The van der Waals surface area contributed by atoms with Crippen LogP contribution in [-0.4, -0.2) is 48.4 Å². The van der Waals surface area contributed by atoms with Gasteiger partial charge in [-0.15, -0.1) is 0 Å². The summed E-state index contributed by atoms with van der Waals surface area (Å²) in [4.78, 5) is 40.6. The number of aliphatic imine (C=N–C) groups is 3. The molecular formula is C36H36N4O5. The normalized spacial score (nSPS) is 25.2. The molecule has 6 rings (SSSR count). The lowest BCUT2D eigenvalue weighted by atomic mass is 9.84. The summed E-state index contributed by atoms with van der Waals surface area (Å²) in [5, 5.41) is 15.2. The molecule has 1 fully saturated rings. The third-order valence-electron chi connectivity index (χ3n) is 9.52. The molecule has 230 valence electrons. The second kappa shape index (κ2) is 11.1. The van der Waals surface area contributed by atoms with Gasteiger partial charge in [-0.1, -0.05) is 32.2 Å². The smallest absolute Gasteiger partial charge is 0.321 e. The molecule has 5 heterocycles. The Morgan fingerprint density at radius 1 is 0.933 bits per heavy atom. The van der Waals surface area contributed by atoms with Crippen molar-refractivity contribution in [1.82, 2.24) is 5.32 Å². The van der Waals surface area contributed by atoms with Gasteiger partial charge in [-0.3, -0.25) is 9.59 Å². The van der Waals surface area contributed by atoms with E-state index in [2.05, 4.69) is 25.4 Å². The van der Waals surface area contributed by atoms with Crippen LogP contribution in [0.15, 0.2) is 132 Å². The first-order valence-electron chi connectivity index (χ1n) is 14.9. The van der Waals surface area contributed by atoms with Crippen molar-refractivity contribution in [3.63, 3.8) is 0 Å². The lowest BCUT2D eigenvalue weighted by Crippen LogP contribution is -2.25. The van der Waals surface area contributed by atoms with Crippen LogP contribution >= 0.6 is 0 Å². The molecule has 0 saturated carbocycles. The monoisotopic (exact) mass is 604 g/mol. The van der Waals surface area contributed by atoms with Gasteiger partial charge in [0, 0.05) is 51.9 Å². The first-order chi connectivity index (χ1) is 21.5. The third kappa shape index (κ3) is 4.56. The van der Waals surface area contributed by atoms with Crippen LogP contribution in [0.5, 0.6) is 0 Å². The molecule has 3 atom stereocenters. The number of fused-ring (bicyclic) bond motifs is 5. The van der Waals surface area contributed by atoms with E-state index < -0.39 is 11.9 Å². The number of rotatable bonds is 6. The van der Waals surface area contributed by atoms with Gasteiger partial charge in [0.15, 0.2) is 0 Å². The Hall–Kier alpha value is -5.05. The maximum atomic E-state index is 13.3. The SMILES string of the molecule is C=CC1=C(C)C2=NC1=CC1=C(C)C3=C(O)C(C(=O)OC)C(=C4NC(=CC5=NC(=C2)C(C=C)=C5C)[C@@H](C)[C@@H]4CCC(=O)OC)C3=N1. The highest BCUT2D eigenvalue weighted by Gasteiger charge is 2.49. The van der Waals surface area contributed by atoms with Crippen LogP contribution in [0.3, 0.4) is 0 Å². The van der Waals surface area contributed by atoms with Crippen LogP contribution < -0.4 is 5.32 Å². The van der Waals surface area contributed by atoms with Crippen molar-refractivity contribution in [2.45, 2.75) is 40.5 Å². The second-order valence-corrected chi connectivity index (χ2v) is 11.8. The molecule has 1 saturated heterocycles. The number of hydrogen-bond acceptors (Lipinski definition) is 9. The molecule has 0 spiro atoms. The second-order valence-electron chi connectivity index (χ2n) is 11.8. The number of nitrogens with one attached hydrogen (secondary N) is 1. The van der Waals surface area contributed by atoms with E-state index in [1.54, 1.807) is 12.2 Å². The average molecular weight is 605 g/mol. The largest absolute Gasteiger partial charge is 0.510 e. The van der Waals surface area contributed by atoms with Crippen LogP contribution in [0.4, 0.5) is 0 Å². The Morgan fingerprint density at radius 3 is 2.16 bits per heavy atom. The lowest BCUT2D eigenvalue weighted by Gasteiger charge is -2.20. The molecule has 6 aliphatic rings. The number of hydrogen-bond donors (Lipinski definition) is 2. The number of aliphatic hydroxyl groups is 1. The Morgan fingerprint density at radius 2 is 1.56 bits per heavy atom. The van der Waals surface area contributed by atoms with Gasteiger partial charge in [-0.05, 0) is 62.1 Å². The zero-order chi connectivity index (χ0) is 32.3. The van der Waals surface area contributed by atoms with Gasteiger partial charge in [0.1, 0.15) is 11.7 Å². The topological polar surface area (TPSA) is 122 Å². The molecule has 2 N–H and O–H groups in total. The summed E-state index contributed by atoms with van der Waals surface area (Å²) < 4.78 is 10.2. The van der Waals surface area contributed by atoms with Gasteiger partial charge in [-0.25, -0.2) is 15.0 Å². The van der Waals surface area contributed by atoms with Crippen LogP contribution in [0, 0.1) is 17.8 Å². The highest BCUT2D eigenvalue weighted by atomic mass is 16.5. The zero-order valence-electron chi connectivity index (χ0n) is 26.4. The summed E-state index contributed by atoms with van der Waals surface area (Å²) >= 11 is 0. The number of methoxy groups -OCH3 is 2. The summed E-state index contributed by atoms with van der Waals surface area (Å²) in [6.07, 6.45) is 10.1. The van der Waals surface area contributed by atoms with Crippen molar-refractivity contribution >= 4 is 29.1 Å². The molecule has 0 aromatic carbocycles. The molecule has 45 heavy (non-hydrogen) atoms. The van der Waals surface area contributed by atoms with E-state index in [0.29, 0.717) is 40.4 Å². The minimum absolute atomic E-state index is 0.0913. The molecule has 8 bridgehead atoms. The van der Waals surface area contributed by atoms with Gasteiger partial charge in [0.2, 0.25) is 0 Å². The first-order valence-corrected chi connectivity index (χ1v) is 14.9. The molecule has 1 unspecified atom stereocenters.